The van der Waals surface area contributed by atoms with Gasteiger partial charge in [0.25, 0.3) is 0 Å². The maximum Gasteiger partial charge on any atom is 0.201 e. The van der Waals surface area contributed by atoms with E-state index in [4.69, 9.17) is 16.0 Å². The summed E-state index contributed by atoms with van der Waals surface area (Å²) in [5, 5.41) is 28.2. The van der Waals surface area contributed by atoms with E-state index in [-0.39, 0.29) is 24.0 Å². The summed E-state index contributed by atoms with van der Waals surface area (Å²) in [5.41, 5.74) is 5.81. The molecule has 9 nitrogen and oxygen atoms in total. The highest BCUT2D eigenvalue weighted by Gasteiger charge is 2.25. The number of β-amino-alcohol motifs (C(OH)–C–C–N with tert-alkyl or cyclic N) is 1. The fraction of sp³-hybridized carbons (Fsp3) is 0.667. The zero-order valence-corrected chi connectivity index (χ0v) is 9.86. The Hall–Kier alpha value is -1.87. The molecule has 0 saturated carbocycles. The second kappa shape index (κ2) is 5.65. The fourth-order valence-corrected chi connectivity index (χ4v) is 1.94. The molecule has 1 aromatic rings. The third-order valence-electron chi connectivity index (χ3n) is 2.91. The molecule has 0 unspecified atom stereocenters. The van der Waals surface area contributed by atoms with E-state index in [1.807, 2.05) is 4.90 Å². The molecule has 0 spiro atoms. The van der Waals surface area contributed by atoms with E-state index in [1.165, 1.54) is 0 Å². The summed E-state index contributed by atoms with van der Waals surface area (Å²) >= 11 is 0. The third kappa shape index (κ3) is 2.51. The number of nitrogens with zero attached hydrogens (tertiary/aromatic N) is 5. The lowest BCUT2D eigenvalue weighted by Gasteiger charge is -2.35. The van der Waals surface area contributed by atoms with E-state index in [0.29, 0.717) is 19.6 Å². The van der Waals surface area contributed by atoms with Gasteiger partial charge in [-0.3, -0.25) is 4.90 Å². The van der Waals surface area contributed by atoms with Gasteiger partial charge in [0.15, 0.2) is 11.5 Å². The van der Waals surface area contributed by atoms with E-state index in [1.54, 1.807) is 0 Å². The smallest absolute Gasteiger partial charge is 0.201 e. The zero-order chi connectivity index (χ0) is 13.0. The van der Waals surface area contributed by atoms with Crippen LogP contribution in [0, 0.1) is 0 Å². The molecule has 100 valence electrons. The van der Waals surface area contributed by atoms with Crippen molar-refractivity contribution in [1.29, 1.82) is 0 Å². The fourth-order valence-electron chi connectivity index (χ4n) is 1.94. The van der Waals surface area contributed by atoms with E-state index < -0.39 is 0 Å². The second-order valence-corrected chi connectivity index (χ2v) is 3.97. The molecule has 4 N–H and O–H groups in total. The molecule has 1 aliphatic heterocycles. The van der Waals surface area contributed by atoms with Gasteiger partial charge in [0.1, 0.15) is 0 Å². The number of aliphatic hydroxyl groups excluding tert-OH is 1. The van der Waals surface area contributed by atoms with Crippen LogP contribution >= 0.6 is 0 Å². The van der Waals surface area contributed by atoms with E-state index in [0.717, 1.165) is 13.1 Å². The maximum atomic E-state index is 9.07. The van der Waals surface area contributed by atoms with E-state index >= 15 is 0 Å². The van der Waals surface area contributed by atoms with Gasteiger partial charge in [-0.15, -0.1) is 0 Å². The van der Waals surface area contributed by atoms with Crippen LogP contribution in [0.5, 0.6) is 0 Å². The van der Waals surface area contributed by atoms with Crippen molar-refractivity contribution in [1.82, 2.24) is 20.1 Å². The van der Waals surface area contributed by atoms with Crippen molar-refractivity contribution < 1.29 is 14.9 Å². The molecule has 1 aromatic heterocycles. The number of aliphatic hydroxyl groups is 1. The molecular weight excluding hydrogens is 240 g/mol. The van der Waals surface area contributed by atoms with Crippen molar-refractivity contribution in [2.24, 2.45) is 5.16 Å². The Morgan fingerprint density at radius 1 is 1.33 bits per heavy atom. The number of hydrogen-bond acceptors (Lipinski definition) is 8. The standard InChI is InChI=1S/C9H16N6O3/c10-8-7(12-18-13-8)9(11-17)15-3-1-14(2-4-15)5-6-16/h16-17H,1-6H2,(H2,10,13). The van der Waals surface area contributed by atoms with Crippen LogP contribution in [0.2, 0.25) is 0 Å². The van der Waals surface area contributed by atoms with Crippen molar-refractivity contribution in [2.45, 2.75) is 0 Å². The minimum absolute atomic E-state index is 0.0978. The van der Waals surface area contributed by atoms with Gasteiger partial charge in [0.05, 0.1) is 6.61 Å². The molecule has 1 fully saturated rings. The molecule has 0 bridgehead atoms. The van der Waals surface area contributed by atoms with Gasteiger partial charge >= 0.3 is 0 Å². The van der Waals surface area contributed by atoms with E-state index in [2.05, 4.69) is 25.0 Å². The summed E-state index contributed by atoms with van der Waals surface area (Å²) in [7, 11) is 0. The molecule has 1 aliphatic rings. The van der Waals surface area contributed by atoms with Gasteiger partial charge in [-0.2, -0.15) is 0 Å². The summed E-state index contributed by atoms with van der Waals surface area (Å²) in [6, 6.07) is 0. The Kier molecular flexibility index (Phi) is 3.95. The van der Waals surface area contributed by atoms with Gasteiger partial charge in [0, 0.05) is 32.7 Å². The number of rotatable bonds is 3. The predicted molar refractivity (Wildman–Crippen MR) is 62.1 cm³/mol. The molecule has 0 radical (unpaired) electrons. The molecule has 0 amide bonds. The topological polar surface area (TPSA) is 124 Å². The maximum absolute atomic E-state index is 9.07. The lowest BCUT2D eigenvalue weighted by atomic mass is 10.2. The normalized spacial score (nSPS) is 18.3. The summed E-state index contributed by atoms with van der Waals surface area (Å²) in [4.78, 5) is 3.97. The number of hydrogen-bond donors (Lipinski definition) is 3. The quantitative estimate of drug-likeness (QED) is 0.255. The molecule has 0 atom stereocenters. The van der Waals surface area contributed by atoms with Gasteiger partial charge < -0.3 is 20.9 Å². The van der Waals surface area contributed by atoms with Crippen molar-refractivity contribution in [2.75, 3.05) is 45.1 Å². The minimum atomic E-state index is 0.0978. The van der Waals surface area contributed by atoms with Crippen LogP contribution in [0.15, 0.2) is 9.78 Å². The molecule has 18 heavy (non-hydrogen) atoms. The highest BCUT2D eigenvalue weighted by atomic mass is 16.6. The monoisotopic (exact) mass is 256 g/mol. The van der Waals surface area contributed by atoms with Gasteiger partial charge in [-0.1, -0.05) is 5.16 Å². The average Bonchev–Trinajstić information content (AvgIpc) is 2.79. The summed E-state index contributed by atoms with van der Waals surface area (Å²) in [5.74, 6) is 0.359. The predicted octanol–water partition coefficient (Wildman–Crippen LogP) is -1.60. The van der Waals surface area contributed by atoms with Crippen LogP contribution in [0.25, 0.3) is 0 Å². The number of amidine groups is 1. The summed E-state index contributed by atoms with van der Waals surface area (Å²) < 4.78 is 4.49. The van der Waals surface area contributed by atoms with Crippen molar-refractivity contribution >= 4 is 11.7 Å². The molecule has 2 rings (SSSR count). The Morgan fingerprint density at radius 3 is 2.56 bits per heavy atom. The largest absolute Gasteiger partial charge is 0.409 e. The van der Waals surface area contributed by atoms with Crippen LogP contribution in [0.4, 0.5) is 5.82 Å². The minimum Gasteiger partial charge on any atom is -0.409 e. The van der Waals surface area contributed by atoms with Crippen LogP contribution in [0.1, 0.15) is 5.69 Å². The van der Waals surface area contributed by atoms with Crippen molar-refractivity contribution in [3.8, 4) is 0 Å². The highest BCUT2D eigenvalue weighted by Crippen LogP contribution is 2.12. The van der Waals surface area contributed by atoms with Crippen LogP contribution in [0.3, 0.4) is 0 Å². The van der Waals surface area contributed by atoms with Gasteiger partial charge in [0.2, 0.25) is 5.84 Å². The molecule has 9 heteroatoms. The van der Waals surface area contributed by atoms with Crippen molar-refractivity contribution in [3.05, 3.63) is 5.69 Å². The Bertz CT molecular complexity index is 412. The Morgan fingerprint density at radius 2 is 2.06 bits per heavy atom. The lowest BCUT2D eigenvalue weighted by molar-refractivity contribution is 0.144. The number of piperazine rings is 1. The third-order valence-corrected chi connectivity index (χ3v) is 2.91. The SMILES string of the molecule is Nc1nonc1C(=NO)N1CCN(CCO)CC1. The van der Waals surface area contributed by atoms with Crippen molar-refractivity contribution in [3.63, 3.8) is 0 Å². The lowest BCUT2D eigenvalue weighted by Crippen LogP contribution is -2.49. The first-order chi connectivity index (χ1) is 8.76. The molecule has 2 heterocycles. The van der Waals surface area contributed by atoms with E-state index in [9.17, 15) is 0 Å². The number of oxime groups is 1. The first-order valence-electron chi connectivity index (χ1n) is 5.65. The van der Waals surface area contributed by atoms with Gasteiger partial charge in [-0.05, 0) is 10.3 Å². The van der Waals surface area contributed by atoms with Gasteiger partial charge in [-0.25, -0.2) is 4.63 Å². The highest BCUT2D eigenvalue weighted by molar-refractivity contribution is 6.00. The summed E-state index contributed by atoms with van der Waals surface area (Å²) in [6.07, 6.45) is 0. The summed E-state index contributed by atoms with van der Waals surface area (Å²) in [6.45, 7) is 3.64. The molecular formula is C9H16N6O3. The zero-order valence-electron chi connectivity index (χ0n) is 9.86. The number of nitrogen functional groups attached to an aromatic ring is 1. The first kappa shape index (κ1) is 12.6. The number of nitrogens with two attached hydrogens (primary N) is 1. The van der Waals surface area contributed by atoms with Crippen LogP contribution in [-0.4, -0.2) is 75.6 Å². The Labute approximate surface area is 103 Å². The molecule has 0 aromatic carbocycles. The second-order valence-electron chi connectivity index (χ2n) is 3.97. The molecule has 1 saturated heterocycles. The van der Waals surface area contributed by atoms with Crippen LogP contribution < -0.4 is 5.73 Å². The Balaban J connectivity index is 2.02. The number of anilines is 1. The molecule has 0 aliphatic carbocycles. The van der Waals surface area contributed by atoms with Crippen LogP contribution in [-0.2, 0) is 0 Å². The number of aromatic nitrogens is 2. The average molecular weight is 256 g/mol. The first-order valence-corrected chi connectivity index (χ1v) is 5.65.